The molecule has 0 fully saturated rings. The van der Waals surface area contributed by atoms with Crippen LogP contribution < -0.4 is 10.5 Å². The Kier molecular flexibility index (Phi) is 5.26. The molecule has 1 aromatic heterocycles. The van der Waals surface area contributed by atoms with Gasteiger partial charge in [-0.05, 0) is 26.0 Å². The number of aromatic nitrogens is 1. The molecule has 0 spiro atoms. The Morgan fingerprint density at radius 2 is 2.18 bits per heavy atom. The third-order valence-corrected chi connectivity index (χ3v) is 2.55. The van der Waals surface area contributed by atoms with E-state index < -0.39 is 0 Å². The molecule has 0 radical (unpaired) electrons. The second kappa shape index (κ2) is 6.73. The van der Waals surface area contributed by atoms with Crippen LogP contribution in [0.5, 0.6) is 5.75 Å². The van der Waals surface area contributed by atoms with Gasteiger partial charge in [0.1, 0.15) is 11.4 Å². The van der Waals surface area contributed by atoms with E-state index in [0.717, 1.165) is 24.5 Å². The van der Waals surface area contributed by atoms with Crippen LogP contribution in [0.4, 0.5) is 0 Å². The van der Waals surface area contributed by atoms with Crippen molar-refractivity contribution in [2.45, 2.75) is 20.4 Å². The van der Waals surface area contributed by atoms with E-state index >= 15 is 0 Å². The van der Waals surface area contributed by atoms with E-state index in [9.17, 15) is 0 Å². The third-order valence-electron chi connectivity index (χ3n) is 2.55. The molecule has 5 nitrogen and oxygen atoms in total. The number of nitrogens with zero attached hydrogens (tertiary/aromatic N) is 3. The minimum Gasteiger partial charge on any atom is -0.495 e. The molecule has 1 rings (SSSR count). The molecule has 17 heavy (non-hydrogen) atoms. The second-order valence-corrected chi connectivity index (χ2v) is 3.50. The first-order valence-electron chi connectivity index (χ1n) is 5.75. The van der Waals surface area contributed by atoms with Crippen LogP contribution in [0.15, 0.2) is 23.3 Å². The molecule has 0 aromatic carbocycles. The molecule has 1 aromatic rings. The number of ether oxygens (including phenoxy) is 1. The molecule has 94 valence electrons. The van der Waals surface area contributed by atoms with E-state index in [2.05, 4.69) is 9.98 Å². The first-order valence-corrected chi connectivity index (χ1v) is 5.75. The largest absolute Gasteiger partial charge is 0.495 e. The highest BCUT2D eigenvalue weighted by Gasteiger charge is 2.05. The summed E-state index contributed by atoms with van der Waals surface area (Å²) in [5.74, 6) is 1.28. The number of nitrogens with two attached hydrogens (primary N) is 1. The molecule has 0 unspecified atom stereocenters. The summed E-state index contributed by atoms with van der Waals surface area (Å²) >= 11 is 0. The maximum Gasteiger partial charge on any atom is 0.191 e. The van der Waals surface area contributed by atoms with E-state index in [1.54, 1.807) is 13.3 Å². The summed E-state index contributed by atoms with van der Waals surface area (Å²) in [4.78, 5) is 10.5. The van der Waals surface area contributed by atoms with Gasteiger partial charge in [-0.2, -0.15) is 0 Å². The van der Waals surface area contributed by atoms with Gasteiger partial charge in [0.2, 0.25) is 0 Å². The zero-order valence-corrected chi connectivity index (χ0v) is 10.7. The summed E-state index contributed by atoms with van der Waals surface area (Å²) in [6.45, 7) is 6.24. The minimum absolute atomic E-state index is 0.437. The predicted molar refractivity (Wildman–Crippen MR) is 69.0 cm³/mol. The molecule has 0 saturated heterocycles. The van der Waals surface area contributed by atoms with Gasteiger partial charge in [0.25, 0.3) is 0 Å². The number of methoxy groups -OCH3 is 1. The monoisotopic (exact) mass is 236 g/mol. The van der Waals surface area contributed by atoms with Crippen molar-refractivity contribution in [3.05, 3.63) is 24.0 Å². The molecule has 0 amide bonds. The van der Waals surface area contributed by atoms with Crippen molar-refractivity contribution in [2.24, 2.45) is 10.7 Å². The molecular formula is C12H20N4O. The van der Waals surface area contributed by atoms with Crippen molar-refractivity contribution in [3.63, 3.8) is 0 Å². The normalized spacial score (nSPS) is 11.4. The maximum atomic E-state index is 5.89. The maximum absolute atomic E-state index is 5.89. The Labute approximate surface area is 102 Å². The molecule has 0 aliphatic rings. The lowest BCUT2D eigenvalue weighted by molar-refractivity contribution is 0.406. The SMILES string of the molecule is CCN(CC)C(N)=NCc1ncccc1OC. The van der Waals surface area contributed by atoms with Crippen molar-refractivity contribution in [1.29, 1.82) is 0 Å². The van der Waals surface area contributed by atoms with E-state index in [1.165, 1.54) is 0 Å². The van der Waals surface area contributed by atoms with Crippen molar-refractivity contribution in [3.8, 4) is 5.75 Å². The van der Waals surface area contributed by atoms with Crippen LogP contribution >= 0.6 is 0 Å². The summed E-state index contributed by atoms with van der Waals surface area (Å²) < 4.78 is 5.20. The molecule has 0 bridgehead atoms. The lowest BCUT2D eigenvalue weighted by Crippen LogP contribution is -2.37. The van der Waals surface area contributed by atoms with Gasteiger partial charge in [0, 0.05) is 19.3 Å². The summed E-state index contributed by atoms with van der Waals surface area (Å²) in [5, 5.41) is 0. The summed E-state index contributed by atoms with van der Waals surface area (Å²) in [6, 6.07) is 3.70. The molecular weight excluding hydrogens is 216 g/mol. The third kappa shape index (κ3) is 3.62. The van der Waals surface area contributed by atoms with Crippen LogP contribution in [-0.4, -0.2) is 36.0 Å². The van der Waals surface area contributed by atoms with Crippen LogP contribution in [0.2, 0.25) is 0 Å². The molecule has 1 heterocycles. The number of pyridine rings is 1. The highest BCUT2D eigenvalue weighted by Crippen LogP contribution is 2.15. The number of aliphatic imine (C=N–C) groups is 1. The topological polar surface area (TPSA) is 63.7 Å². The first kappa shape index (κ1) is 13.3. The fourth-order valence-corrected chi connectivity index (χ4v) is 1.53. The molecule has 0 aliphatic carbocycles. The number of hydrogen-bond acceptors (Lipinski definition) is 3. The molecule has 0 saturated carbocycles. The van der Waals surface area contributed by atoms with Crippen LogP contribution in [-0.2, 0) is 6.54 Å². The first-order chi connectivity index (χ1) is 8.22. The smallest absolute Gasteiger partial charge is 0.191 e. The van der Waals surface area contributed by atoms with Gasteiger partial charge >= 0.3 is 0 Å². The standard InChI is InChI=1S/C12H20N4O/c1-4-16(5-2)12(13)15-9-10-11(17-3)7-6-8-14-10/h6-8H,4-5,9H2,1-3H3,(H2,13,15). The van der Waals surface area contributed by atoms with Gasteiger partial charge < -0.3 is 15.4 Å². The molecule has 0 aliphatic heterocycles. The Morgan fingerprint density at radius 3 is 2.76 bits per heavy atom. The summed E-state index contributed by atoms with van der Waals surface area (Å²) in [6.07, 6.45) is 1.72. The van der Waals surface area contributed by atoms with Crippen LogP contribution in [0.3, 0.4) is 0 Å². The number of hydrogen-bond donors (Lipinski definition) is 1. The Morgan fingerprint density at radius 1 is 1.47 bits per heavy atom. The van der Waals surface area contributed by atoms with E-state index in [0.29, 0.717) is 12.5 Å². The molecule has 5 heteroatoms. The van der Waals surface area contributed by atoms with Crippen molar-refractivity contribution in [1.82, 2.24) is 9.88 Å². The van der Waals surface area contributed by atoms with Gasteiger partial charge in [0.15, 0.2) is 5.96 Å². The van der Waals surface area contributed by atoms with Gasteiger partial charge in [-0.3, -0.25) is 4.98 Å². The van der Waals surface area contributed by atoms with Crippen molar-refractivity contribution < 1.29 is 4.74 Å². The van der Waals surface area contributed by atoms with Gasteiger partial charge in [0.05, 0.1) is 13.7 Å². The lowest BCUT2D eigenvalue weighted by atomic mass is 10.3. The van der Waals surface area contributed by atoms with Gasteiger partial charge in [-0.25, -0.2) is 4.99 Å². The van der Waals surface area contributed by atoms with Crippen molar-refractivity contribution >= 4 is 5.96 Å². The molecule has 2 N–H and O–H groups in total. The highest BCUT2D eigenvalue weighted by molar-refractivity contribution is 5.78. The average Bonchev–Trinajstić information content (AvgIpc) is 2.38. The second-order valence-electron chi connectivity index (χ2n) is 3.50. The van der Waals surface area contributed by atoms with Gasteiger partial charge in [-0.15, -0.1) is 0 Å². The Hall–Kier alpha value is -1.78. The molecule has 0 atom stereocenters. The van der Waals surface area contributed by atoms with Crippen LogP contribution in [0.25, 0.3) is 0 Å². The fourth-order valence-electron chi connectivity index (χ4n) is 1.53. The van der Waals surface area contributed by atoms with Crippen molar-refractivity contribution in [2.75, 3.05) is 20.2 Å². The van der Waals surface area contributed by atoms with E-state index in [4.69, 9.17) is 10.5 Å². The average molecular weight is 236 g/mol. The van der Waals surface area contributed by atoms with Gasteiger partial charge in [-0.1, -0.05) is 0 Å². The van der Waals surface area contributed by atoms with Crippen LogP contribution in [0, 0.1) is 0 Å². The predicted octanol–water partition coefficient (Wildman–Crippen LogP) is 1.25. The van der Waals surface area contributed by atoms with E-state index in [1.807, 2.05) is 30.9 Å². The summed E-state index contributed by atoms with van der Waals surface area (Å²) in [5.41, 5.74) is 6.68. The quantitative estimate of drug-likeness (QED) is 0.617. The fraction of sp³-hybridized carbons (Fsp3) is 0.500. The number of rotatable bonds is 5. The summed E-state index contributed by atoms with van der Waals surface area (Å²) in [7, 11) is 1.62. The zero-order chi connectivity index (χ0) is 12.7. The Bertz CT molecular complexity index is 375. The number of guanidine groups is 1. The minimum atomic E-state index is 0.437. The van der Waals surface area contributed by atoms with E-state index in [-0.39, 0.29) is 0 Å². The van der Waals surface area contributed by atoms with Crippen LogP contribution in [0.1, 0.15) is 19.5 Å². The lowest BCUT2D eigenvalue weighted by Gasteiger charge is -2.19. The Balaban J connectivity index is 2.74. The highest BCUT2D eigenvalue weighted by atomic mass is 16.5. The zero-order valence-electron chi connectivity index (χ0n) is 10.7.